The van der Waals surface area contributed by atoms with Gasteiger partial charge in [-0.15, -0.1) is 0 Å². The predicted molar refractivity (Wildman–Crippen MR) is 79.3 cm³/mol. The van der Waals surface area contributed by atoms with Crippen LogP contribution < -0.4 is 5.32 Å². The highest BCUT2D eigenvalue weighted by molar-refractivity contribution is 6.37. The number of nitrogens with one attached hydrogen (secondary N) is 1. The minimum absolute atomic E-state index is 0.0605. The molecule has 1 N–H and O–H groups in total. The average molecular weight is 309 g/mol. The number of rotatable bonds is 5. The van der Waals surface area contributed by atoms with Crippen molar-refractivity contribution in [3.63, 3.8) is 0 Å². The van der Waals surface area contributed by atoms with Crippen molar-refractivity contribution in [2.45, 2.75) is 32.7 Å². The van der Waals surface area contributed by atoms with Crippen LogP contribution >= 0.6 is 11.6 Å². The molecule has 0 spiro atoms. The van der Waals surface area contributed by atoms with Crippen molar-refractivity contribution in [1.29, 1.82) is 0 Å². The van der Waals surface area contributed by atoms with E-state index in [1.54, 1.807) is 18.2 Å². The summed E-state index contributed by atoms with van der Waals surface area (Å²) in [5.41, 5.74) is 0.529. The van der Waals surface area contributed by atoms with Crippen LogP contribution in [0.25, 0.3) is 0 Å². The zero-order valence-corrected chi connectivity index (χ0v) is 12.7. The molecule has 0 fully saturated rings. The van der Waals surface area contributed by atoms with Gasteiger partial charge in [0.15, 0.2) is 0 Å². The molecular weight excluding hydrogens is 292 g/mol. The second kappa shape index (κ2) is 6.26. The molecule has 0 bridgehead atoms. The Morgan fingerprint density at radius 1 is 1.33 bits per heavy atom. The van der Waals surface area contributed by atoms with Crippen LogP contribution in [0.5, 0.6) is 0 Å². The van der Waals surface area contributed by atoms with Gasteiger partial charge >= 0.3 is 0 Å². The third kappa shape index (κ3) is 3.08. The number of halogens is 1. The van der Waals surface area contributed by atoms with Gasteiger partial charge in [0.25, 0.3) is 11.8 Å². The molecule has 1 heterocycles. The van der Waals surface area contributed by atoms with Crippen LogP contribution in [0.1, 0.15) is 47.4 Å². The summed E-state index contributed by atoms with van der Waals surface area (Å²) in [5, 5.41) is 3.06. The van der Waals surface area contributed by atoms with Crippen molar-refractivity contribution < 1.29 is 14.4 Å². The highest BCUT2D eigenvalue weighted by Crippen LogP contribution is 2.28. The molecule has 1 aliphatic rings. The van der Waals surface area contributed by atoms with E-state index in [-0.39, 0.29) is 35.5 Å². The van der Waals surface area contributed by atoms with Crippen LogP contribution in [0, 0.1) is 0 Å². The monoisotopic (exact) mass is 308 g/mol. The molecule has 112 valence electrons. The number of hydrogen-bond acceptors (Lipinski definition) is 3. The van der Waals surface area contributed by atoms with Crippen LogP contribution in [0.15, 0.2) is 18.2 Å². The Morgan fingerprint density at radius 3 is 2.67 bits per heavy atom. The number of benzene rings is 1. The van der Waals surface area contributed by atoms with Crippen molar-refractivity contribution in [3.8, 4) is 0 Å². The normalized spacial score (nSPS) is 15.1. The van der Waals surface area contributed by atoms with Crippen molar-refractivity contribution >= 4 is 29.3 Å². The first-order chi connectivity index (χ1) is 9.95. The number of carbonyl (C=O) groups excluding carboxylic acids is 3. The third-order valence-electron chi connectivity index (χ3n) is 3.53. The number of imide groups is 1. The number of carbonyl (C=O) groups is 3. The molecule has 5 nitrogen and oxygen atoms in total. The lowest BCUT2D eigenvalue weighted by Crippen LogP contribution is -2.37. The van der Waals surface area contributed by atoms with E-state index in [1.807, 2.05) is 13.8 Å². The SMILES string of the molecule is CCC(C)NC(=O)CCN1C(=O)c2cccc(Cl)c2C1=O. The summed E-state index contributed by atoms with van der Waals surface area (Å²) in [6.07, 6.45) is 0.918. The predicted octanol–water partition coefficient (Wildman–Crippen LogP) is 2.24. The molecule has 1 aromatic rings. The van der Waals surface area contributed by atoms with E-state index in [0.717, 1.165) is 11.3 Å². The lowest BCUT2D eigenvalue weighted by Gasteiger charge is -2.15. The molecule has 0 saturated carbocycles. The van der Waals surface area contributed by atoms with Crippen LogP contribution in [-0.4, -0.2) is 35.2 Å². The van der Waals surface area contributed by atoms with Gasteiger partial charge in [0.05, 0.1) is 16.1 Å². The summed E-state index contributed by atoms with van der Waals surface area (Å²) in [4.78, 5) is 37.2. The Bertz CT molecular complexity index is 601. The zero-order valence-electron chi connectivity index (χ0n) is 12.0. The number of amides is 3. The van der Waals surface area contributed by atoms with Crippen molar-refractivity contribution in [2.75, 3.05) is 6.54 Å². The number of hydrogen-bond donors (Lipinski definition) is 1. The fourth-order valence-electron chi connectivity index (χ4n) is 2.16. The van der Waals surface area contributed by atoms with E-state index in [1.165, 1.54) is 0 Å². The van der Waals surface area contributed by atoms with Crippen molar-refractivity contribution in [1.82, 2.24) is 10.2 Å². The molecule has 2 rings (SSSR count). The Balaban J connectivity index is 2.04. The fourth-order valence-corrected chi connectivity index (χ4v) is 2.41. The van der Waals surface area contributed by atoms with E-state index in [0.29, 0.717) is 5.56 Å². The first kappa shape index (κ1) is 15.5. The molecule has 0 saturated heterocycles. The first-order valence-corrected chi connectivity index (χ1v) is 7.27. The molecule has 1 unspecified atom stereocenters. The van der Waals surface area contributed by atoms with Gasteiger partial charge in [0.2, 0.25) is 5.91 Å². The van der Waals surface area contributed by atoms with Crippen molar-refractivity contribution in [2.24, 2.45) is 0 Å². The molecular formula is C15H17ClN2O3. The van der Waals surface area contributed by atoms with Crippen LogP contribution in [0.4, 0.5) is 0 Å². The van der Waals surface area contributed by atoms with Gasteiger partial charge in [-0.25, -0.2) is 0 Å². The third-order valence-corrected chi connectivity index (χ3v) is 3.85. The van der Waals surface area contributed by atoms with Gasteiger partial charge in [-0.3, -0.25) is 19.3 Å². The fraction of sp³-hybridized carbons (Fsp3) is 0.400. The minimum Gasteiger partial charge on any atom is -0.354 e. The van der Waals surface area contributed by atoms with Gasteiger partial charge in [-0.2, -0.15) is 0 Å². The lowest BCUT2D eigenvalue weighted by atomic mass is 10.1. The number of nitrogens with zero attached hydrogens (tertiary/aromatic N) is 1. The Kier molecular flexibility index (Phi) is 4.63. The molecule has 1 atom stereocenters. The van der Waals surface area contributed by atoms with E-state index >= 15 is 0 Å². The standard InChI is InChI=1S/C15H17ClN2O3/c1-3-9(2)17-12(19)7-8-18-14(20)10-5-4-6-11(16)13(10)15(18)21/h4-6,9H,3,7-8H2,1-2H3,(H,17,19). The van der Waals surface area contributed by atoms with Gasteiger partial charge in [0.1, 0.15) is 0 Å². The number of fused-ring (bicyclic) bond motifs is 1. The Hall–Kier alpha value is -1.88. The second-order valence-corrected chi connectivity index (χ2v) is 5.46. The largest absolute Gasteiger partial charge is 0.354 e. The molecule has 0 aromatic heterocycles. The lowest BCUT2D eigenvalue weighted by molar-refractivity contribution is -0.121. The quantitative estimate of drug-likeness (QED) is 0.848. The van der Waals surface area contributed by atoms with Gasteiger partial charge < -0.3 is 5.32 Å². The smallest absolute Gasteiger partial charge is 0.263 e. The van der Waals surface area contributed by atoms with Gasteiger partial charge in [0, 0.05) is 19.0 Å². The molecule has 1 aromatic carbocycles. The maximum Gasteiger partial charge on any atom is 0.263 e. The highest BCUT2D eigenvalue weighted by atomic mass is 35.5. The maximum absolute atomic E-state index is 12.2. The maximum atomic E-state index is 12.2. The minimum atomic E-state index is -0.433. The summed E-state index contributed by atoms with van der Waals surface area (Å²) < 4.78 is 0. The zero-order chi connectivity index (χ0) is 15.6. The summed E-state index contributed by atoms with van der Waals surface area (Å²) in [6.45, 7) is 3.93. The molecule has 1 aliphatic heterocycles. The molecule has 6 heteroatoms. The first-order valence-electron chi connectivity index (χ1n) is 6.89. The topological polar surface area (TPSA) is 66.5 Å². The molecule has 0 aliphatic carbocycles. The summed E-state index contributed by atoms with van der Waals surface area (Å²) in [6, 6.07) is 4.85. The van der Waals surface area contributed by atoms with E-state index < -0.39 is 11.8 Å². The van der Waals surface area contributed by atoms with E-state index in [4.69, 9.17) is 11.6 Å². The second-order valence-electron chi connectivity index (χ2n) is 5.05. The molecule has 21 heavy (non-hydrogen) atoms. The Labute approximate surface area is 128 Å². The Morgan fingerprint density at radius 2 is 2.05 bits per heavy atom. The van der Waals surface area contributed by atoms with Gasteiger partial charge in [-0.05, 0) is 25.5 Å². The van der Waals surface area contributed by atoms with Crippen molar-refractivity contribution in [3.05, 3.63) is 34.3 Å². The summed E-state index contributed by atoms with van der Waals surface area (Å²) >= 11 is 5.97. The van der Waals surface area contributed by atoms with E-state index in [2.05, 4.69) is 5.32 Å². The average Bonchev–Trinajstić information content (AvgIpc) is 2.70. The van der Waals surface area contributed by atoms with Gasteiger partial charge in [-0.1, -0.05) is 24.6 Å². The van der Waals surface area contributed by atoms with Crippen LogP contribution in [0.3, 0.4) is 0 Å². The summed E-state index contributed by atoms with van der Waals surface area (Å²) in [5.74, 6) is -1.00. The molecule has 3 amide bonds. The highest BCUT2D eigenvalue weighted by Gasteiger charge is 2.37. The summed E-state index contributed by atoms with van der Waals surface area (Å²) in [7, 11) is 0. The van der Waals surface area contributed by atoms with Crippen LogP contribution in [-0.2, 0) is 4.79 Å². The van der Waals surface area contributed by atoms with Crippen LogP contribution in [0.2, 0.25) is 5.02 Å². The molecule has 0 radical (unpaired) electrons. The van der Waals surface area contributed by atoms with E-state index in [9.17, 15) is 14.4 Å².